The summed E-state index contributed by atoms with van der Waals surface area (Å²) in [5.74, 6) is -8.16. The van der Waals surface area contributed by atoms with E-state index in [0.717, 1.165) is 6.07 Å². The Morgan fingerprint density at radius 3 is 2.12 bits per heavy atom. The van der Waals surface area contributed by atoms with Crippen LogP contribution in [0.4, 0.5) is 11.4 Å². The van der Waals surface area contributed by atoms with Gasteiger partial charge in [-0.05, 0) is 38.4 Å². The third-order valence-corrected chi connectivity index (χ3v) is 7.36. The highest BCUT2D eigenvalue weighted by molar-refractivity contribution is 7.79. The second-order valence-electron chi connectivity index (χ2n) is 10.2. The van der Waals surface area contributed by atoms with Gasteiger partial charge in [0.2, 0.25) is 11.5 Å². The standard InChI is InChI=1S/C23H26N4O9.H2O4S/c1-25(2)11-7-12(27(35)36)17(28)14-9(11)5-8-6-10-16(26(3)4)19(30)15(22(24)33)21(32)23(10,34)20(31)13(8)18(14)29;1-5(2,3)4/h7-8,10,16,28-29,32,34H,5-6H2,1-4H3,(H2,24,33);(H2,1,2,3,4)/t8?,10?,16-,23-;/m0./s1. The molecule has 0 aromatic heterocycles. The molecule has 1 fully saturated rings. The molecule has 0 radical (unpaired) electrons. The van der Waals surface area contributed by atoms with Gasteiger partial charge in [-0.3, -0.25) is 38.5 Å². The molecule has 0 heterocycles. The Balaban J connectivity index is 0.000000850. The smallest absolute Gasteiger partial charge is 0.394 e. The summed E-state index contributed by atoms with van der Waals surface area (Å²) in [5, 5.41) is 55.8. The maximum Gasteiger partial charge on any atom is 0.394 e. The molecule has 3 aliphatic carbocycles. The van der Waals surface area contributed by atoms with Crippen LogP contribution in [0, 0.1) is 22.0 Å². The average Bonchev–Trinajstić information content (AvgIpc) is 2.79. The Morgan fingerprint density at radius 1 is 1.15 bits per heavy atom. The molecule has 1 saturated carbocycles. The van der Waals surface area contributed by atoms with Gasteiger partial charge in [0.25, 0.3) is 5.91 Å². The number of aromatic hydroxyl groups is 1. The number of nitro benzene ring substituents is 1. The number of carbonyl (C=O) groups excluding carboxylic acids is 3. The van der Waals surface area contributed by atoms with E-state index in [0.29, 0.717) is 11.3 Å². The first-order chi connectivity index (χ1) is 18.7. The topological polar surface area (TPSA) is 282 Å². The summed E-state index contributed by atoms with van der Waals surface area (Å²) >= 11 is 0. The lowest BCUT2D eigenvalue weighted by Gasteiger charge is -2.50. The van der Waals surface area contributed by atoms with Gasteiger partial charge in [-0.2, -0.15) is 8.42 Å². The predicted octanol–water partition coefficient (Wildman–Crippen LogP) is -0.715. The third-order valence-electron chi connectivity index (χ3n) is 7.36. The first kappa shape index (κ1) is 31.4. The summed E-state index contributed by atoms with van der Waals surface area (Å²) in [5.41, 5.74) is 0.875. The molecule has 2 unspecified atom stereocenters. The molecule has 0 saturated heterocycles. The number of anilines is 1. The molecule has 4 atom stereocenters. The third kappa shape index (κ3) is 5.10. The molecule has 3 aliphatic rings. The second kappa shape index (κ2) is 10.4. The second-order valence-corrected chi connectivity index (χ2v) is 11.1. The quantitative estimate of drug-likeness (QED) is 0.0972. The minimum Gasteiger partial charge on any atom is -0.508 e. The number of hydrogen-bond acceptors (Lipinski definition) is 13. The van der Waals surface area contributed by atoms with E-state index < -0.39 is 84.8 Å². The van der Waals surface area contributed by atoms with Crippen molar-refractivity contribution in [3.05, 3.63) is 44.2 Å². The Bertz CT molecular complexity index is 1540. The Morgan fingerprint density at radius 2 is 1.68 bits per heavy atom. The number of amides is 1. The number of phenols is 1. The number of aliphatic hydroxyl groups excluding tert-OH is 2. The van der Waals surface area contributed by atoms with Gasteiger partial charge in [-0.15, -0.1) is 0 Å². The Hall–Kier alpha value is -4.10. The van der Waals surface area contributed by atoms with Gasteiger partial charge in [0, 0.05) is 37.3 Å². The number of primary amides is 1. The number of nitrogens with two attached hydrogens (primary N) is 1. The number of nitrogens with zero attached hydrogens (tertiary/aromatic N) is 3. The van der Waals surface area contributed by atoms with Gasteiger partial charge < -0.3 is 31.1 Å². The fraction of sp³-hybridized carbons (Fsp3) is 0.435. The van der Waals surface area contributed by atoms with Crippen molar-refractivity contribution in [3.63, 3.8) is 0 Å². The van der Waals surface area contributed by atoms with Gasteiger partial charge in [0.1, 0.15) is 17.1 Å². The molecule has 1 aromatic carbocycles. The van der Waals surface area contributed by atoms with Crippen molar-refractivity contribution in [3.8, 4) is 5.75 Å². The lowest BCUT2D eigenvalue weighted by atomic mass is 9.57. The number of phenolic OH excluding ortho intramolecular Hbond substituents is 1. The fourth-order valence-electron chi connectivity index (χ4n) is 5.82. The summed E-state index contributed by atoms with van der Waals surface area (Å²) < 4.78 is 31.6. The maximum atomic E-state index is 13.8. The van der Waals surface area contributed by atoms with Gasteiger partial charge in [-0.1, -0.05) is 0 Å². The van der Waals surface area contributed by atoms with Crippen molar-refractivity contribution >= 4 is 45.0 Å². The molecule has 0 spiro atoms. The molecule has 4 rings (SSSR count). The zero-order valence-electron chi connectivity index (χ0n) is 22.1. The molecule has 224 valence electrons. The molecule has 41 heavy (non-hydrogen) atoms. The highest BCUT2D eigenvalue weighted by atomic mass is 32.3. The van der Waals surface area contributed by atoms with E-state index in [4.69, 9.17) is 23.3 Å². The van der Waals surface area contributed by atoms with Crippen molar-refractivity contribution in [1.82, 2.24) is 4.90 Å². The minimum absolute atomic E-state index is 0.0353. The van der Waals surface area contributed by atoms with Gasteiger partial charge in [0.05, 0.1) is 16.5 Å². The zero-order valence-corrected chi connectivity index (χ0v) is 22.9. The number of benzene rings is 1. The van der Waals surface area contributed by atoms with Crippen LogP contribution in [0.15, 0.2) is 23.0 Å². The van der Waals surface area contributed by atoms with E-state index in [-0.39, 0.29) is 24.0 Å². The van der Waals surface area contributed by atoms with E-state index in [1.54, 1.807) is 19.0 Å². The van der Waals surface area contributed by atoms with E-state index in [1.165, 1.54) is 19.0 Å². The molecule has 0 aliphatic heterocycles. The van der Waals surface area contributed by atoms with Crippen molar-refractivity contribution in [2.24, 2.45) is 17.6 Å². The van der Waals surface area contributed by atoms with Crippen LogP contribution in [0.3, 0.4) is 0 Å². The number of Topliss-reactive ketones (excluding diaryl/α,β-unsaturated/α-hetero) is 2. The average molecular weight is 601 g/mol. The van der Waals surface area contributed by atoms with Crippen LogP contribution in [0.5, 0.6) is 5.75 Å². The van der Waals surface area contributed by atoms with Crippen LogP contribution in [0.25, 0.3) is 5.76 Å². The molecular formula is C23H28N4O13S. The zero-order chi connectivity index (χ0) is 31.5. The summed E-state index contributed by atoms with van der Waals surface area (Å²) in [7, 11) is 1.59. The molecule has 1 amide bonds. The molecule has 17 nitrogen and oxygen atoms in total. The van der Waals surface area contributed by atoms with Crippen LogP contribution in [-0.2, 0) is 31.2 Å². The van der Waals surface area contributed by atoms with Crippen LogP contribution in [-0.4, -0.2) is 105 Å². The largest absolute Gasteiger partial charge is 0.508 e. The van der Waals surface area contributed by atoms with Crippen molar-refractivity contribution < 1.29 is 57.3 Å². The van der Waals surface area contributed by atoms with Crippen LogP contribution < -0.4 is 10.6 Å². The number of carbonyl (C=O) groups is 3. The molecule has 0 bridgehead atoms. The predicted molar refractivity (Wildman–Crippen MR) is 139 cm³/mol. The minimum atomic E-state index is -4.67. The lowest BCUT2D eigenvalue weighted by Crippen LogP contribution is -2.65. The van der Waals surface area contributed by atoms with Crippen molar-refractivity contribution in [2.75, 3.05) is 33.1 Å². The van der Waals surface area contributed by atoms with Crippen molar-refractivity contribution in [1.29, 1.82) is 0 Å². The SMILES string of the molecule is CN(C)c1cc([N+](=O)[O-])c(O)c2c1CC1CC3[C@H](N(C)C)C(=O)C(C(N)=O)=C(O)[C@@]3(O)C(=O)C1=C2O.O=S(=O)(O)O. The highest BCUT2D eigenvalue weighted by Crippen LogP contribution is 2.54. The lowest BCUT2D eigenvalue weighted by molar-refractivity contribution is -0.385. The highest BCUT2D eigenvalue weighted by Gasteiger charge is 2.64. The number of fused-ring (bicyclic) bond motifs is 3. The number of rotatable bonds is 4. The van der Waals surface area contributed by atoms with E-state index in [9.17, 15) is 44.9 Å². The summed E-state index contributed by atoms with van der Waals surface area (Å²) in [6, 6.07) is -0.0329. The van der Waals surface area contributed by atoms with Crippen LogP contribution in [0.2, 0.25) is 0 Å². The Kier molecular flexibility index (Phi) is 7.96. The van der Waals surface area contributed by atoms with Gasteiger partial charge >= 0.3 is 16.1 Å². The molecular weight excluding hydrogens is 572 g/mol. The van der Waals surface area contributed by atoms with Crippen LogP contribution in [0.1, 0.15) is 17.5 Å². The molecule has 8 N–H and O–H groups in total. The molecule has 18 heteroatoms. The van der Waals surface area contributed by atoms with Crippen LogP contribution >= 0.6 is 0 Å². The fourth-order valence-corrected chi connectivity index (χ4v) is 5.82. The number of nitro groups is 1. The summed E-state index contributed by atoms with van der Waals surface area (Å²) in [6.07, 6.45) is -0.0377. The number of likely N-dealkylation sites (N-methyl/N-ethyl adjacent to an activating group) is 1. The van der Waals surface area contributed by atoms with Gasteiger partial charge in [-0.25, -0.2) is 0 Å². The van der Waals surface area contributed by atoms with E-state index in [1.807, 2.05) is 0 Å². The first-order valence-corrected chi connectivity index (χ1v) is 13.1. The maximum absolute atomic E-state index is 13.8. The summed E-state index contributed by atoms with van der Waals surface area (Å²) in [6.45, 7) is 0. The normalized spacial score (nSPS) is 25.6. The van der Waals surface area contributed by atoms with E-state index in [2.05, 4.69) is 0 Å². The molecule has 1 aromatic rings. The first-order valence-electron chi connectivity index (χ1n) is 11.7. The Labute approximate surface area is 232 Å². The number of aliphatic hydroxyl groups is 3. The van der Waals surface area contributed by atoms with Crippen molar-refractivity contribution in [2.45, 2.75) is 24.5 Å². The number of hydrogen-bond donors (Lipinski definition) is 7. The van der Waals surface area contributed by atoms with Gasteiger partial charge in [0.15, 0.2) is 11.4 Å². The monoisotopic (exact) mass is 600 g/mol. The summed E-state index contributed by atoms with van der Waals surface area (Å²) in [4.78, 5) is 52.5. The van der Waals surface area contributed by atoms with E-state index >= 15 is 0 Å². The number of ketones is 2.